The second-order valence-electron chi connectivity index (χ2n) is 8.83. The van der Waals surface area contributed by atoms with Crippen molar-refractivity contribution in [1.29, 1.82) is 0 Å². The van der Waals surface area contributed by atoms with Gasteiger partial charge in [0.2, 0.25) is 6.10 Å². The number of benzene rings is 1. The molecule has 1 aliphatic rings. The lowest BCUT2D eigenvalue weighted by molar-refractivity contribution is -0.167. The highest BCUT2D eigenvalue weighted by molar-refractivity contribution is 7.80. The molecule has 1 heterocycles. The summed E-state index contributed by atoms with van der Waals surface area (Å²) in [5.41, 5.74) is 1.49. The minimum atomic E-state index is -1.07. The van der Waals surface area contributed by atoms with Crippen molar-refractivity contribution in [2.24, 2.45) is 0 Å². The number of carboxylic acid groups (broad SMARTS) is 1. The van der Waals surface area contributed by atoms with Gasteiger partial charge in [-0.05, 0) is 30.6 Å². The zero-order chi connectivity index (χ0) is 24.1. The molecule has 0 fully saturated rings. The molecule has 0 aliphatic carbocycles. The summed E-state index contributed by atoms with van der Waals surface area (Å²) in [4.78, 5) is 39.0. The molecule has 2 rings (SSSR count). The van der Waals surface area contributed by atoms with Crippen LogP contribution < -0.4 is 0 Å². The van der Waals surface area contributed by atoms with Crippen LogP contribution in [0.1, 0.15) is 101 Å². The van der Waals surface area contributed by atoms with Gasteiger partial charge in [0, 0.05) is 18.5 Å². The molecule has 1 aromatic carbocycles. The number of fused-ring (bicyclic) bond motifs is 1. The predicted molar refractivity (Wildman–Crippen MR) is 132 cm³/mol. The molecule has 7 heteroatoms. The van der Waals surface area contributed by atoms with E-state index in [0.29, 0.717) is 18.4 Å². The summed E-state index contributed by atoms with van der Waals surface area (Å²) >= 11 is 4.22. The number of amides is 1. The Hall–Kier alpha value is -2.02. The molecule has 33 heavy (non-hydrogen) atoms. The Morgan fingerprint density at radius 3 is 2.33 bits per heavy atom. The first-order valence-corrected chi connectivity index (χ1v) is 13.0. The number of ether oxygens (including phenoxy) is 1. The number of esters is 1. The highest BCUT2D eigenvalue weighted by Gasteiger charge is 2.40. The van der Waals surface area contributed by atoms with Crippen LogP contribution in [0.25, 0.3) is 0 Å². The monoisotopic (exact) mass is 477 g/mol. The molecule has 0 saturated carbocycles. The molecular formula is C26H39NO5S. The maximum Gasteiger partial charge on any atom is 0.326 e. The number of rotatable bonds is 16. The van der Waals surface area contributed by atoms with E-state index in [-0.39, 0.29) is 13.0 Å². The summed E-state index contributed by atoms with van der Waals surface area (Å²) in [6, 6.07) is 6.40. The van der Waals surface area contributed by atoms with Gasteiger partial charge in [0.25, 0.3) is 5.91 Å². The predicted octanol–water partition coefficient (Wildman–Crippen LogP) is 5.70. The van der Waals surface area contributed by atoms with Crippen LogP contribution in [0.15, 0.2) is 24.3 Å². The number of carbonyl (C=O) groups is 3. The van der Waals surface area contributed by atoms with Crippen LogP contribution in [-0.4, -0.2) is 39.6 Å². The molecule has 184 valence electrons. The standard InChI is InChI=1S/C26H39NO5S/c1-2-3-16-22(26(30)31)27-19-20-14-11-12-15-21(20)24(25(27)29)32-23(28)17-10-8-6-4-5-7-9-13-18-33/h11-12,14-15,22,24,33H,2-10,13,16-19H2,1H3,(H,30,31). The topological polar surface area (TPSA) is 83.9 Å². The van der Waals surface area contributed by atoms with Crippen molar-refractivity contribution in [3.8, 4) is 0 Å². The minimum Gasteiger partial charge on any atom is -0.480 e. The molecule has 2 atom stereocenters. The first kappa shape index (κ1) is 27.2. The number of thiol groups is 1. The Balaban J connectivity index is 1.92. The fourth-order valence-corrected chi connectivity index (χ4v) is 4.52. The van der Waals surface area contributed by atoms with Gasteiger partial charge in [0.05, 0.1) is 0 Å². The molecule has 1 amide bonds. The quantitative estimate of drug-likeness (QED) is 0.181. The zero-order valence-corrected chi connectivity index (χ0v) is 20.7. The molecule has 0 saturated heterocycles. The van der Waals surface area contributed by atoms with Crippen LogP contribution in [0.5, 0.6) is 0 Å². The Kier molecular flexibility index (Phi) is 12.4. The molecule has 1 N–H and O–H groups in total. The number of carboxylic acids is 1. The zero-order valence-electron chi connectivity index (χ0n) is 19.8. The van der Waals surface area contributed by atoms with Crippen LogP contribution in [0.3, 0.4) is 0 Å². The molecule has 1 aliphatic heterocycles. The molecule has 0 bridgehead atoms. The van der Waals surface area contributed by atoms with Crippen molar-refractivity contribution in [2.45, 2.75) is 103 Å². The SMILES string of the molecule is CCCCC(C(=O)O)N1Cc2ccccc2C(OC(=O)CCCCCCCCCCS)C1=O. The third-order valence-electron chi connectivity index (χ3n) is 6.22. The third-order valence-corrected chi connectivity index (χ3v) is 6.53. The smallest absolute Gasteiger partial charge is 0.326 e. The van der Waals surface area contributed by atoms with Gasteiger partial charge in [-0.15, -0.1) is 0 Å². The Labute approximate surface area is 203 Å². The lowest BCUT2D eigenvalue weighted by Gasteiger charge is -2.37. The number of carbonyl (C=O) groups excluding carboxylic acids is 2. The van der Waals surface area contributed by atoms with Crippen LogP contribution in [0.4, 0.5) is 0 Å². The number of aliphatic carboxylic acids is 1. The van der Waals surface area contributed by atoms with Crippen molar-refractivity contribution >= 4 is 30.5 Å². The van der Waals surface area contributed by atoms with Crippen molar-refractivity contribution in [3.63, 3.8) is 0 Å². The van der Waals surface area contributed by atoms with Gasteiger partial charge in [0.15, 0.2) is 0 Å². The average Bonchev–Trinajstić information content (AvgIpc) is 2.80. The highest BCUT2D eigenvalue weighted by atomic mass is 32.1. The number of hydrogen-bond acceptors (Lipinski definition) is 5. The van der Waals surface area contributed by atoms with Gasteiger partial charge in [0.1, 0.15) is 6.04 Å². The molecule has 6 nitrogen and oxygen atoms in total. The normalized spacial score (nSPS) is 16.4. The van der Waals surface area contributed by atoms with Crippen LogP contribution in [-0.2, 0) is 25.7 Å². The number of nitrogens with zero attached hydrogens (tertiary/aromatic N) is 1. The molecule has 2 unspecified atom stereocenters. The second kappa shape index (κ2) is 15.0. The Bertz CT molecular complexity index is 769. The van der Waals surface area contributed by atoms with Gasteiger partial charge < -0.3 is 14.7 Å². The number of hydrogen-bond donors (Lipinski definition) is 2. The minimum absolute atomic E-state index is 0.220. The van der Waals surface area contributed by atoms with Crippen LogP contribution >= 0.6 is 12.6 Å². The summed E-state index contributed by atoms with van der Waals surface area (Å²) in [5.74, 6) is -0.915. The van der Waals surface area contributed by atoms with E-state index in [9.17, 15) is 19.5 Å². The average molecular weight is 478 g/mol. The van der Waals surface area contributed by atoms with E-state index in [4.69, 9.17) is 4.74 Å². The van der Waals surface area contributed by atoms with E-state index in [1.165, 1.54) is 37.0 Å². The van der Waals surface area contributed by atoms with Crippen molar-refractivity contribution < 1.29 is 24.2 Å². The van der Waals surface area contributed by atoms with Gasteiger partial charge in [-0.3, -0.25) is 9.59 Å². The molecule has 0 aromatic heterocycles. The summed E-state index contributed by atoms with van der Waals surface area (Å²) in [6.45, 7) is 2.21. The van der Waals surface area contributed by atoms with E-state index in [1.807, 2.05) is 25.1 Å². The van der Waals surface area contributed by atoms with Crippen molar-refractivity contribution in [3.05, 3.63) is 35.4 Å². The highest BCUT2D eigenvalue weighted by Crippen LogP contribution is 2.33. The summed E-state index contributed by atoms with van der Waals surface area (Å²) in [7, 11) is 0. The van der Waals surface area contributed by atoms with E-state index >= 15 is 0 Å². The summed E-state index contributed by atoms with van der Waals surface area (Å²) < 4.78 is 5.64. The molecule has 0 spiro atoms. The van der Waals surface area contributed by atoms with Crippen molar-refractivity contribution in [1.82, 2.24) is 4.90 Å². The maximum absolute atomic E-state index is 13.2. The van der Waals surface area contributed by atoms with E-state index < -0.39 is 30.0 Å². The lowest BCUT2D eigenvalue weighted by Crippen LogP contribution is -2.49. The van der Waals surface area contributed by atoms with Crippen molar-refractivity contribution in [2.75, 3.05) is 5.75 Å². The molecule has 1 aromatic rings. The van der Waals surface area contributed by atoms with Gasteiger partial charge in [-0.1, -0.05) is 82.6 Å². The van der Waals surface area contributed by atoms with E-state index in [0.717, 1.165) is 37.0 Å². The number of unbranched alkanes of at least 4 members (excludes halogenated alkanes) is 8. The summed E-state index contributed by atoms with van der Waals surface area (Å²) in [6.07, 6.45) is 9.92. The molecular weight excluding hydrogens is 438 g/mol. The lowest BCUT2D eigenvalue weighted by atomic mass is 9.94. The third kappa shape index (κ3) is 8.69. The summed E-state index contributed by atoms with van der Waals surface area (Å²) in [5, 5.41) is 9.73. The van der Waals surface area contributed by atoms with Gasteiger partial charge in [-0.2, -0.15) is 12.6 Å². The van der Waals surface area contributed by atoms with E-state index in [1.54, 1.807) is 6.07 Å². The molecule has 0 radical (unpaired) electrons. The van der Waals surface area contributed by atoms with Crippen LogP contribution in [0.2, 0.25) is 0 Å². The fourth-order valence-electron chi connectivity index (χ4n) is 4.30. The first-order valence-electron chi connectivity index (χ1n) is 12.4. The Morgan fingerprint density at radius 2 is 1.70 bits per heavy atom. The van der Waals surface area contributed by atoms with Gasteiger partial charge >= 0.3 is 11.9 Å². The largest absolute Gasteiger partial charge is 0.480 e. The fraction of sp³-hybridized carbons (Fsp3) is 0.654. The van der Waals surface area contributed by atoms with Gasteiger partial charge in [-0.25, -0.2) is 4.79 Å². The second-order valence-corrected chi connectivity index (χ2v) is 9.28. The van der Waals surface area contributed by atoms with E-state index in [2.05, 4.69) is 12.6 Å². The maximum atomic E-state index is 13.2. The first-order chi connectivity index (χ1) is 16.0. The Morgan fingerprint density at radius 1 is 1.06 bits per heavy atom. The van der Waals surface area contributed by atoms with Crippen LogP contribution in [0, 0.1) is 0 Å².